The first-order valence-electron chi connectivity index (χ1n) is 8.13. The summed E-state index contributed by atoms with van der Waals surface area (Å²) in [6.45, 7) is 8.41. The third-order valence-corrected chi connectivity index (χ3v) is 4.43. The third-order valence-electron chi connectivity index (χ3n) is 4.43. The maximum Gasteiger partial charge on any atom is 0.225 e. The summed E-state index contributed by atoms with van der Waals surface area (Å²) in [4.78, 5) is 13.1. The topological polar surface area (TPSA) is 52.5 Å². The Balaban J connectivity index is 1.57. The summed E-state index contributed by atoms with van der Waals surface area (Å²) < 4.78 is 0. The van der Waals surface area contributed by atoms with Crippen molar-refractivity contribution in [2.45, 2.75) is 20.0 Å². The summed E-state index contributed by atoms with van der Waals surface area (Å²) >= 11 is 0. The van der Waals surface area contributed by atoms with Gasteiger partial charge in [0, 0.05) is 45.1 Å². The molecule has 1 N–H and O–H groups in total. The highest BCUT2D eigenvalue weighted by atomic mass is 16.3. The summed E-state index contributed by atoms with van der Waals surface area (Å²) in [6, 6.07) is 8.09. The van der Waals surface area contributed by atoms with Crippen molar-refractivity contribution in [2.75, 3.05) is 37.6 Å². The van der Waals surface area contributed by atoms with Gasteiger partial charge in [-0.1, -0.05) is 23.8 Å². The van der Waals surface area contributed by atoms with Crippen molar-refractivity contribution in [1.29, 1.82) is 0 Å². The van der Waals surface area contributed by atoms with Crippen LogP contribution in [0.2, 0.25) is 0 Å². The number of rotatable bonds is 4. The van der Waals surface area contributed by atoms with Crippen molar-refractivity contribution in [3.63, 3.8) is 0 Å². The molecular formula is C18H24N4O. The van der Waals surface area contributed by atoms with Crippen molar-refractivity contribution in [3.8, 4) is 0 Å². The molecular weight excluding hydrogens is 288 g/mol. The molecule has 5 nitrogen and oxygen atoms in total. The first kappa shape index (κ1) is 15.9. The van der Waals surface area contributed by atoms with Crippen molar-refractivity contribution < 1.29 is 5.11 Å². The predicted molar refractivity (Wildman–Crippen MR) is 91.6 cm³/mol. The minimum Gasteiger partial charge on any atom is -0.387 e. The molecule has 3 rings (SSSR count). The van der Waals surface area contributed by atoms with Gasteiger partial charge in [-0.05, 0) is 31.0 Å². The fourth-order valence-electron chi connectivity index (χ4n) is 3.05. The Labute approximate surface area is 137 Å². The number of aliphatic hydroxyl groups excluding tert-OH is 1. The molecule has 0 bridgehead atoms. The number of piperazine rings is 1. The number of hydrogen-bond acceptors (Lipinski definition) is 5. The van der Waals surface area contributed by atoms with Crippen LogP contribution in [0.4, 0.5) is 5.95 Å². The van der Waals surface area contributed by atoms with Crippen LogP contribution in [0.1, 0.15) is 22.8 Å². The van der Waals surface area contributed by atoms with E-state index in [9.17, 15) is 5.11 Å². The Morgan fingerprint density at radius 3 is 2.48 bits per heavy atom. The first-order valence-corrected chi connectivity index (χ1v) is 8.13. The number of benzene rings is 1. The number of aliphatic hydroxyl groups is 1. The molecule has 2 aromatic rings. The lowest BCUT2D eigenvalue weighted by Crippen LogP contribution is -2.48. The van der Waals surface area contributed by atoms with Gasteiger partial charge in [0.1, 0.15) is 0 Å². The van der Waals surface area contributed by atoms with Crippen molar-refractivity contribution in [3.05, 3.63) is 53.3 Å². The Morgan fingerprint density at radius 1 is 1.09 bits per heavy atom. The van der Waals surface area contributed by atoms with Gasteiger partial charge in [0.25, 0.3) is 0 Å². The van der Waals surface area contributed by atoms with Crippen LogP contribution in [0.15, 0.2) is 36.7 Å². The van der Waals surface area contributed by atoms with Crippen LogP contribution in [0.3, 0.4) is 0 Å². The second-order valence-corrected chi connectivity index (χ2v) is 6.21. The van der Waals surface area contributed by atoms with Gasteiger partial charge in [0.2, 0.25) is 5.95 Å². The highest BCUT2D eigenvalue weighted by Crippen LogP contribution is 2.21. The first-order chi connectivity index (χ1) is 11.1. The molecule has 0 aliphatic carbocycles. The van der Waals surface area contributed by atoms with Gasteiger partial charge in [-0.3, -0.25) is 4.90 Å². The molecule has 5 heteroatoms. The molecule has 1 saturated heterocycles. The van der Waals surface area contributed by atoms with Gasteiger partial charge in [-0.2, -0.15) is 0 Å². The molecule has 0 spiro atoms. The number of hydrogen-bond donors (Lipinski definition) is 1. The standard InChI is InChI=1S/C18H24N4O/c1-14-4-5-15(2)16(12-14)17(23)13-21-8-10-22(11-9-21)18-19-6-3-7-20-18/h3-7,12,17,23H,8-11,13H2,1-2H3/t17-/m1/s1. The van der Waals surface area contributed by atoms with Gasteiger partial charge in [-0.15, -0.1) is 0 Å². The van der Waals surface area contributed by atoms with E-state index in [1.165, 1.54) is 5.56 Å². The van der Waals surface area contributed by atoms with Crippen LogP contribution < -0.4 is 4.90 Å². The lowest BCUT2D eigenvalue weighted by molar-refractivity contribution is 0.109. The van der Waals surface area contributed by atoms with Crippen LogP contribution in [0.5, 0.6) is 0 Å². The summed E-state index contributed by atoms with van der Waals surface area (Å²) in [5.74, 6) is 0.794. The predicted octanol–water partition coefficient (Wildman–Crippen LogP) is 1.95. The van der Waals surface area contributed by atoms with Crippen molar-refractivity contribution >= 4 is 5.95 Å². The molecule has 0 saturated carbocycles. The van der Waals surface area contributed by atoms with Crippen LogP contribution >= 0.6 is 0 Å². The molecule has 1 aromatic carbocycles. The molecule has 122 valence electrons. The van der Waals surface area contributed by atoms with E-state index in [4.69, 9.17) is 0 Å². The van der Waals surface area contributed by atoms with Crippen LogP contribution in [-0.2, 0) is 0 Å². The monoisotopic (exact) mass is 312 g/mol. The fourth-order valence-corrected chi connectivity index (χ4v) is 3.05. The van der Waals surface area contributed by atoms with Crippen LogP contribution in [-0.4, -0.2) is 52.7 Å². The summed E-state index contributed by atoms with van der Waals surface area (Å²) in [5, 5.41) is 10.6. The van der Waals surface area contributed by atoms with E-state index in [1.807, 2.05) is 6.07 Å². The number of aromatic nitrogens is 2. The Bertz CT molecular complexity index is 639. The zero-order chi connectivity index (χ0) is 16.2. The largest absolute Gasteiger partial charge is 0.387 e. The molecule has 1 atom stereocenters. The minimum absolute atomic E-state index is 0.436. The molecule has 23 heavy (non-hydrogen) atoms. The zero-order valence-electron chi connectivity index (χ0n) is 13.8. The Hall–Kier alpha value is -1.98. The molecule has 1 aromatic heterocycles. The smallest absolute Gasteiger partial charge is 0.225 e. The van der Waals surface area contributed by atoms with Crippen LogP contribution in [0.25, 0.3) is 0 Å². The second-order valence-electron chi connectivity index (χ2n) is 6.21. The average Bonchev–Trinajstić information content (AvgIpc) is 2.58. The maximum absolute atomic E-state index is 10.6. The molecule has 1 fully saturated rings. The molecule has 2 heterocycles. The quantitative estimate of drug-likeness (QED) is 0.935. The van der Waals surface area contributed by atoms with E-state index in [2.05, 4.69) is 51.8 Å². The zero-order valence-corrected chi connectivity index (χ0v) is 13.8. The maximum atomic E-state index is 10.6. The van der Waals surface area contributed by atoms with Gasteiger partial charge in [-0.25, -0.2) is 9.97 Å². The van der Waals surface area contributed by atoms with Gasteiger partial charge < -0.3 is 10.0 Å². The van der Waals surface area contributed by atoms with E-state index in [0.717, 1.165) is 43.3 Å². The lowest BCUT2D eigenvalue weighted by atomic mass is 10.0. The number of nitrogens with zero attached hydrogens (tertiary/aromatic N) is 4. The molecule has 0 radical (unpaired) electrons. The molecule has 1 aliphatic heterocycles. The van der Waals surface area contributed by atoms with Crippen LogP contribution in [0, 0.1) is 13.8 Å². The molecule has 0 amide bonds. The SMILES string of the molecule is Cc1ccc(C)c([C@H](O)CN2CCN(c3ncccn3)CC2)c1. The van der Waals surface area contributed by atoms with E-state index >= 15 is 0 Å². The Kier molecular flexibility index (Phi) is 4.88. The van der Waals surface area contributed by atoms with E-state index in [0.29, 0.717) is 6.54 Å². The van der Waals surface area contributed by atoms with Gasteiger partial charge in [0.15, 0.2) is 0 Å². The highest BCUT2D eigenvalue weighted by Gasteiger charge is 2.21. The summed E-state index contributed by atoms with van der Waals surface area (Å²) in [6.07, 6.45) is 3.12. The van der Waals surface area contributed by atoms with Crippen molar-refractivity contribution in [2.24, 2.45) is 0 Å². The normalized spacial score (nSPS) is 17.3. The van der Waals surface area contributed by atoms with Crippen molar-refractivity contribution in [1.82, 2.24) is 14.9 Å². The summed E-state index contributed by atoms with van der Waals surface area (Å²) in [5.41, 5.74) is 3.38. The molecule has 1 aliphatic rings. The van der Waals surface area contributed by atoms with Gasteiger partial charge >= 0.3 is 0 Å². The summed E-state index contributed by atoms with van der Waals surface area (Å²) in [7, 11) is 0. The number of anilines is 1. The lowest BCUT2D eigenvalue weighted by Gasteiger charge is -2.35. The second kappa shape index (κ2) is 7.06. The highest BCUT2D eigenvalue weighted by molar-refractivity contribution is 5.32. The minimum atomic E-state index is -0.436. The van der Waals surface area contributed by atoms with E-state index in [1.54, 1.807) is 12.4 Å². The fraction of sp³-hybridized carbons (Fsp3) is 0.444. The molecule has 0 unspecified atom stereocenters. The number of β-amino-alcohol motifs (C(OH)–C–C–N with tert-alkyl or cyclic N) is 1. The number of aryl methyl sites for hydroxylation is 2. The Morgan fingerprint density at radius 2 is 1.78 bits per heavy atom. The van der Waals surface area contributed by atoms with E-state index in [-0.39, 0.29) is 0 Å². The average molecular weight is 312 g/mol. The van der Waals surface area contributed by atoms with Gasteiger partial charge in [0.05, 0.1) is 6.10 Å². The third kappa shape index (κ3) is 3.86. The van der Waals surface area contributed by atoms with E-state index < -0.39 is 6.10 Å².